The summed E-state index contributed by atoms with van der Waals surface area (Å²) in [7, 11) is 0. The molecule has 0 aliphatic carbocycles. The van der Waals surface area contributed by atoms with E-state index in [1.165, 1.54) is 0 Å². The summed E-state index contributed by atoms with van der Waals surface area (Å²) >= 11 is 0. The molecule has 5 heteroatoms. The monoisotopic (exact) mass is 146 g/mol. The van der Waals surface area contributed by atoms with Gasteiger partial charge in [-0.2, -0.15) is 0 Å². The smallest absolute Gasteiger partial charge is 0.291 e. The lowest BCUT2D eigenvalue weighted by Gasteiger charge is -1.96. The number of carbonyl (C=O) groups is 1. The van der Waals surface area contributed by atoms with Crippen molar-refractivity contribution in [2.24, 2.45) is 0 Å². The molecule has 0 radical (unpaired) electrons. The van der Waals surface area contributed by atoms with Gasteiger partial charge in [0.2, 0.25) is 0 Å². The van der Waals surface area contributed by atoms with Crippen molar-refractivity contribution in [3.63, 3.8) is 0 Å². The highest BCUT2D eigenvalue weighted by atomic mass is 16.6. The number of rotatable bonds is 4. The van der Waals surface area contributed by atoms with Crippen LogP contribution in [0.2, 0.25) is 0 Å². The Morgan fingerprint density at radius 1 is 1.70 bits per heavy atom. The lowest BCUT2D eigenvalue weighted by atomic mass is 10.4. The second-order valence-corrected chi connectivity index (χ2v) is 1.84. The number of nitro groups is 1. The first-order chi connectivity index (χ1) is 4.66. The Bertz CT molecular complexity index is 135. The molecule has 0 aromatic rings. The zero-order valence-corrected chi connectivity index (χ0v) is 5.79. The maximum atomic E-state index is 10.5. The standard InChI is InChI=1S/C5H10N2O3/c1-2-3-6-5(8)4-7(9)10/h2-4H2,1H3,(H,6,8). The van der Waals surface area contributed by atoms with Crippen LogP contribution < -0.4 is 5.32 Å². The van der Waals surface area contributed by atoms with Crippen LogP contribution in [0.15, 0.2) is 0 Å². The zero-order valence-electron chi connectivity index (χ0n) is 5.79. The Labute approximate surface area is 58.6 Å². The number of carbonyl (C=O) groups excluding carboxylic acids is 1. The summed E-state index contributed by atoms with van der Waals surface area (Å²) in [4.78, 5) is 19.5. The van der Waals surface area contributed by atoms with E-state index in [-0.39, 0.29) is 0 Å². The molecule has 0 bridgehead atoms. The van der Waals surface area contributed by atoms with E-state index < -0.39 is 17.4 Å². The van der Waals surface area contributed by atoms with E-state index in [0.717, 1.165) is 6.42 Å². The molecule has 5 nitrogen and oxygen atoms in total. The molecular formula is C5H10N2O3. The van der Waals surface area contributed by atoms with Crippen molar-refractivity contribution >= 4 is 5.91 Å². The van der Waals surface area contributed by atoms with Gasteiger partial charge in [0.1, 0.15) is 0 Å². The fourth-order valence-corrected chi connectivity index (χ4v) is 0.438. The molecule has 1 N–H and O–H groups in total. The first-order valence-electron chi connectivity index (χ1n) is 3.05. The van der Waals surface area contributed by atoms with Gasteiger partial charge < -0.3 is 5.32 Å². The highest BCUT2D eigenvalue weighted by Gasteiger charge is 2.06. The van der Waals surface area contributed by atoms with Crippen LogP contribution in [0.3, 0.4) is 0 Å². The highest BCUT2D eigenvalue weighted by molar-refractivity contribution is 5.76. The van der Waals surface area contributed by atoms with Crippen LogP contribution in [-0.4, -0.2) is 23.9 Å². The first-order valence-corrected chi connectivity index (χ1v) is 3.05. The van der Waals surface area contributed by atoms with E-state index >= 15 is 0 Å². The van der Waals surface area contributed by atoms with Crippen molar-refractivity contribution < 1.29 is 9.72 Å². The van der Waals surface area contributed by atoms with Gasteiger partial charge in [-0.1, -0.05) is 6.92 Å². The lowest BCUT2D eigenvalue weighted by Crippen LogP contribution is -2.30. The van der Waals surface area contributed by atoms with Crippen LogP contribution >= 0.6 is 0 Å². The third-order valence-corrected chi connectivity index (χ3v) is 0.845. The highest BCUT2D eigenvalue weighted by Crippen LogP contribution is 1.72. The molecule has 0 fully saturated rings. The third kappa shape index (κ3) is 5.02. The van der Waals surface area contributed by atoms with Gasteiger partial charge in [0.05, 0.1) is 0 Å². The number of nitrogens with zero attached hydrogens (tertiary/aromatic N) is 1. The SMILES string of the molecule is CCCNC(=O)C[N+](=O)[O-]. The average Bonchev–Trinajstić information content (AvgIpc) is 1.82. The van der Waals surface area contributed by atoms with Gasteiger partial charge in [-0.15, -0.1) is 0 Å². The first kappa shape index (κ1) is 8.87. The molecule has 1 amide bonds. The molecule has 0 aromatic carbocycles. The van der Waals surface area contributed by atoms with E-state index in [1.54, 1.807) is 0 Å². The van der Waals surface area contributed by atoms with Gasteiger partial charge in [-0.05, 0) is 6.42 Å². The molecule has 0 aliphatic heterocycles. The van der Waals surface area contributed by atoms with Crippen molar-refractivity contribution in [1.29, 1.82) is 0 Å². The van der Waals surface area contributed by atoms with Gasteiger partial charge in [-0.25, -0.2) is 0 Å². The van der Waals surface area contributed by atoms with E-state index in [9.17, 15) is 14.9 Å². The van der Waals surface area contributed by atoms with E-state index in [0.29, 0.717) is 6.54 Å². The summed E-state index contributed by atoms with van der Waals surface area (Å²) < 4.78 is 0. The maximum absolute atomic E-state index is 10.5. The summed E-state index contributed by atoms with van der Waals surface area (Å²) in [6.45, 7) is 1.76. The minimum atomic E-state index is -0.648. The van der Waals surface area contributed by atoms with Gasteiger partial charge in [0.15, 0.2) is 0 Å². The Balaban J connectivity index is 3.35. The molecule has 10 heavy (non-hydrogen) atoms. The zero-order chi connectivity index (χ0) is 7.98. The predicted molar refractivity (Wildman–Crippen MR) is 35.2 cm³/mol. The Hall–Kier alpha value is -1.13. The Morgan fingerprint density at radius 3 is 2.70 bits per heavy atom. The molecule has 0 spiro atoms. The molecule has 0 unspecified atom stereocenters. The van der Waals surface area contributed by atoms with Crippen molar-refractivity contribution in [3.8, 4) is 0 Å². The van der Waals surface area contributed by atoms with Gasteiger partial charge in [0.25, 0.3) is 12.5 Å². The molecule has 0 atom stereocenters. The molecule has 0 aliphatic rings. The maximum Gasteiger partial charge on any atom is 0.291 e. The molecule has 58 valence electrons. The van der Waals surface area contributed by atoms with Crippen molar-refractivity contribution in [1.82, 2.24) is 5.32 Å². The second kappa shape index (κ2) is 4.72. The van der Waals surface area contributed by atoms with E-state index in [4.69, 9.17) is 0 Å². The van der Waals surface area contributed by atoms with Crippen LogP contribution in [0.4, 0.5) is 0 Å². The molecule has 0 heterocycles. The van der Waals surface area contributed by atoms with Crippen molar-refractivity contribution in [2.75, 3.05) is 13.1 Å². The molecule has 0 saturated heterocycles. The van der Waals surface area contributed by atoms with Gasteiger partial charge in [-0.3, -0.25) is 14.9 Å². The largest absolute Gasteiger partial charge is 0.350 e. The normalized spacial score (nSPS) is 8.90. The minimum absolute atomic E-state index is 0.507. The Kier molecular flexibility index (Phi) is 4.19. The van der Waals surface area contributed by atoms with E-state index in [2.05, 4.69) is 5.32 Å². The van der Waals surface area contributed by atoms with Crippen molar-refractivity contribution in [2.45, 2.75) is 13.3 Å². The van der Waals surface area contributed by atoms with Crippen LogP contribution in [0, 0.1) is 10.1 Å². The number of amides is 1. The molecular weight excluding hydrogens is 136 g/mol. The summed E-state index contributed by atoms with van der Waals surface area (Å²) in [6, 6.07) is 0. The number of hydrogen-bond acceptors (Lipinski definition) is 3. The van der Waals surface area contributed by atoms with Crippen LogP contribution in [0.1, 0.15) is 13.3 Å². The van der Waals surface area contributed by atoms with Gasteiger partial charge in [0, 0.05) is 11.5 Å². The summed E-state index contributed by atoms with van der Waals surface area (Å²) in [5, 5.41) is 12.1. The van der Waals surface area contributed by atoms with Gasteiger partial charge >= 0.3 is 0 Å². The van der Waals surface area contributed by atoms with E-state index in [1.807, 2.05) is 6.92 Å². The van der Waals surface area contributed by atoms with Crippen molar-refractivity contribution in [3.05, 3.63) is 10.1 Å². The minimum Gasteiger partial charge on any atom is -0.350 e. The molecule has 0 rings (SSSR count). The topological polar surface area (TPSA) is 72.2 Å². The van der Waals surface area contributed by atoms with Crippen LogP contribution in [-0.2, 0) is 4.79 Å². The lowest BCUT2D eigenvalue weighted by molar-refractivity contribution is -0.467. The molecule has 0 saturated carbocycles. The summed E-state index contributed by atoms with van der Waals surface area (Å²) in [6.07, 6.45) is 0.795. The predicted octanol–water partition coefficient (Wildman–Crippen LogP) is -0.211. The number of hydrogen-bond donors (Lipinski definition) is 1. The second-order valence-electron chi connectivity index (χ2n) is 1.84. The summed E-state index contributed by atoms with van der Waals surface area (Å²) in [5.41, 5.74) is 0. The summed E-state index contributed by atoms with van der Waals surface area (Å²) in [5.74, 6) is -0.521. The average molecular weight is 146 g/mol. The van der Waals surface area contributed by atoms with Crippen LogP contribution in [0.25, 0.3) is 0 Å². The quantitative estimate of drug-likeness (QED) is 0.440. The van der Waals surface area contributed by atoms with Crippen LogP contribution in [0.5, 0.6) is 0 Å². The fraction of sp³-hybridized carbons (Fsp3) is 0.800. The Morgan fingerprint density at radius 2 is 2.30 bits per heavy atom. The number of nitrogens with one attached hydrogen (secondary N) is 1. The fourth-order valence-electron chi connectivity index (χ4n) is 0.438. The third-order valence-electron chi connectivity index (χ3n) is 0.845. The molecule has 0 aromatic heterocycles.